The Morgan fingerprint density at radius 1 is 2.00 bits per heavy atom. The largest absolute Gasteiger partial charge is 0.250 e. The highest BCUT2D eigenvalue weighted by Crippen LogP contribution is 1.79. The topological polar surface area (TPSA) is 0 Å². The molecule has 0 atom stereocenters. The Morgan fingerprint density at radius 3 is 2.20 bits per heavy atom. The first-order valence-electron chi connectivity index (χ1n) is 1.23. The van der Waals surface area contributed by atoms with Gasteiger partial charge >= 0.3 is 0 Å². The third kappa shape index (κ3) is 4.07. The number of terminal acetylenes is 1. The number of hydrogen-bond donors (Lipinski definition) is 0. The van der Waals surface area contributed by atoms with Crippen LogP contribution in [-0.4, -0.2) is 8.11 Å². The standard InChI is InChI=1S/C3H4ClSi/c1-3-5(2)4/h1H,2H3. The van der Waals surface area contributed by atoms with Gasteiger partial charge in [-0.2, -0.15) is 11.1 Å². The van der Waals surface area contributed by atoms with Crippen molar-refractivity contribution in [1.29, 1.82) is 0 Å². The maximum Gasteiger partial charge on any atom is 0.250 e. The van der Waals surface area contributed by atoms with Crippen molar-refractivity contribution in [2.24, 2.45) is 0 Å². The fourth-order valence-electron chi connectivity index (χ4n) is 0. The van der Waals surface area contributed by atoms with E-state index in [-0.39, 0.29) is 0 Å². The van der Waals surface area contributed by atoms with E-state index in [0.29, 0.717) is 0 Å². The van der Waals surface area contributed by atoms with E-state index in [1.807, 2.05) is 6.55 Å². The summed E-state index contributed by atoms with van der Waals surface area (Å²) in [4.78, 5) is 0. The van der Waals surface area contributed by atoms with E-state index in [4.69, 9.17) is 17.5 Å². The molecule has 0 aromatic carbocycles. The van der Waals surface area contributed by atoms with Gasteiger partial charge in [0.15, 0.2) is 0 Å². The number of rotatable bonds is 0. The molecule has 1 radical (unpaired) electrons. The third-order valence-electron chi connectivity index (χ3n) is 0.199. The maximum absolute atomic E-state index is 5.33. The zero-order valence-electron chi connectivity index (χ0n) is 2.96. The summed E-state index contributed by atoms with van der Waals surface area (Å²) in [6.07, 6.45) is 4.83. The molecule has 0 spiro atoms. The van der Waals surface area contributed by atoms with Crippen molar-refractivity contribution in [1.82, 2.24) is 0 Å². The van der Waals surface area contributed by atoms with Gasteiger partial charge in [0.1, 0.15) is 0 Å². The van der Waals surface area contributed by atoms with Gasteiger partial charge in [-0.25, -0.2) is 0 Å². The van der Waals surface area contributed by atoms with Crippen molar-refractivity contribution in [3.8, 4) is 12.0 Å². The third-order valence-corrected chi connectivity index (χ3v) is 0.924. The zero-order valence-corrected chi connectivity index (χ0v) is 4.71. The van der Waals surface area contributed by atoms with Crippen molar-refractivity contribution in [2.75, 3.05) is 0 Å². The first-order chi connectivity index (χ1) is 2.27. The molecule has 5 heavy (non-hydrogen) atoms. The lowest BCUT2D eigenvalue weighted by atomic mass is 11.4. The van der Waals surface area contributed by atoms with Crippen LogP contribution in [0.25, 0.3) is 0 Å². The van der Waals surface area contributed by atoms with E-state index in [1.165, 1.54) is 0 Å². The highest BCUT2D eigenvalue weighted by molar-refractivity contribution is 7.10. The van der Waals surface area contributed by atoms with E-state index in [9.17, 15) is 0 Å². The SMILES string of the molecule is C#C[Si](C)Cl. The predicted molar refractivity (Wildman–Crippen MR) is 26.3 cm³/mol. The first-order valence-corrected chi connectivity index (χ1v) is 4.24. The molecule has 0 nitrogen and oxygen atoms in total. The minimum Gasteiger partial charge on any atom is -0.151 e. The Bertz CT molecular complexity index is 52.4. The first kappa shape index (κ1) is 5.07. The minimum absolute atomic E-state index is 0.874. The van der Waals surface area contributed by atoms with Crippen molar-refractivity contribution in [3.05, 3.63) is 0 Å². The van der Waals surface area contributed by atoms with Crippen LogP contribution in [0.4, 0.5) is 0 Å². The minimum atomic E-state index is -0.874. The summed E-state index contributed by atoms with van der Waals surface area (Å²) in [6.45, 7) is 1.85. The van der Waals surface area contributed by atoms with Gasteiger partial charge in [-0.15, -0.1) is 12.0 Å². The van der Waals surface area contributed by atoms with Crippen LogP contribution >= 0.6 is 11.1 Å². The molecule has 0 saturated heterocycles. The molecule has 0 rings (SSSR count). The van der Waals surface area contributed by atoms with Crippen LogP contribution in [0.1, 0.15) is 0 Å². The van der Waals surface area contributed by atoms with Crippen LogP contribution in [0, 0.1) is 12.0 Å². The lowest BCUT2D eigenvalue weighted by Gasteiger charge is -1.71. The molecular weight excluding hydrogens is 99.6 g/mol. The Labute approximate surface area is 38.5 Å². The summed E-state index contributed by atoms with van der Waals surface area (Å²) in [6, 6.07) is 0. The van der Waals surface area contributed by atoms with Gasteiger partial charge in [0.05, 0.1) is 0 Å². The van der Waals surface area contributed by atoms with E-state index >= 15 is 0 Å². The summed E-state index contributed by atoms with van der Waals surface area (Å²) < 4.78 is 0. The molecule has 0 unspecified atom stereocenters. The van der Waals surface area contributed by atoms with Gasteiger partial charge in [0.2, 0.25) is 8.11 Å². The molecule has 0 aromatic rings. The highest BCUT2D eigenvalue weighted by atomic mass is 35.6. The summed E-state index contributed by atoms with van der Waals surface area (Å²) in [5.41, 5.74) is 2.40. The Morgan fingerprint density at radius 2 is 2.20 bits per heavy atom. The molecular formula is C3H4ClSi. The average molecular weight is 104 g/mol. The van der Waals surface area contributed by atoms with Gasteiger partial charge in [0.25, 0.3) is 0 Å². The van der Waals surface area contributed by atoms with Gasteiger partial charge in [-0.3, -0.25) is 0 Å². The second-order valence-electron chi connectivity index (χ2n) is 0.678. The molecule has 0 aliphatic heterocycles. The lowest BCUT2D eigenvalue weighted by Crippen LogP contribution is -1.85. The fraction of sp³-hybridized carbons (Fsp3) is 0.333. The van der Waals surface area contributed by atoms with Crippen molar-refractivity contribution in [2.45, 2.75) is 6.55 Å². The van der Waals surface area contributed by atoms with E-state index in [2.05, 4.69) is 5.54 Å². The van der Waals surface area contributed by atoms with E-state index in [0.717, 1.165) is 0 Å². The molecule has 0 bridgehead atoms. The Hall–Kier alpha value is 0.0669. The number of hydrogen-bond acceptors (Lipinski definition) is 0. The maximum atomic E-state index is 5.33. The zero-order chi connectivity index (χ0) is 4.28. The van der Waals surface area contributed by atoms with Gasteiger partial charge in [-0.1, -0.05) is 0 Å². The summed E-state index contributed by atoms with van der Waals surface area (Å²) in [5.74, 6) is 0. The molecule has 0 aliphatic rings. The van der Waals surface area contributed by atoms with Crippen molar-refractivity contribution < 1.29 is 0 Å². The second kappa shape index (κ2) is 2.31. The molecule has 0 N–H and O–H groups in total. The predicted octanol–water partition coefficient (Wildman–Crippen LogP) is 1.02. The quantitative estimate of drug-likeness (QED) is 0.244. The smallest absolute Gasteiger partial charge is 0.151 e. The van der Waals surface area contributed by atoms with Gasteiger partial charge in [-0.05, 0) is 6.55 Å². The molecule has 0 fully saturated rings. The molecule has 2 heteroatoms. The average Bonchev–Trinajstić information content (AvgIpc) is 1.38. The molecule has 0 aliphatic carbocycles. The van der Waals surface area contributed by atoms with Crippen LogP contribution in [0.2, 0.25) is 6.55 Å². The second-order valence-corrected chi connectivity index (χ2v) is 3.73. The molecule has 0 saturated carbocycles. The van der Waals surface area contributed by atoms with Crippen molar-refractivity contribution in [3.63, 3.8) is 0 Å². The summed E-state index contributed by atoms with van der Waals surface area (Å²) in [5, 5.41) is 0. The van der Waals surface area contributed by atoms with E-state index < -0.39 is 8.11 Å². The van der Waals surface area contributed by atoms with Crippen LogP contribution in [0.5, 0.6) is 0 Å². The van der Waals surface area contributed by atoms with E-state index in [1.54, 1.807) is 0 Å². The van der Waals surface area contributed by atoms with Gasteiger partial charge < -0.3 is 0 Å². The summed E-state index contributed by atoms with van der Waals surface area (Å²) >= 11 is 5.33. The molecule has 27 valence electrons. The number of halogens is 1. The van der Waals surface area contributed by atoms with Crippen LogP contribution in [-0.2, 0) is 0 Å². The Kier molecular flexibility index (Phi) is 2.34. The Balaban J connectivity index is 2.94. The fourth-order valence-corrected chi connectivity index (χ4v) is 0. The van der Waals surface area contributed by atoms with Crippen LogP contribution in [0.3, 0.4) is 0 Å². The highest BCUT2D eigenvalue weighted by Gasteiger charge is 1.84. The van der Waals surface area contributed by atoms with Crippen LogP contribution in [0.15, 0.2) is 0 Å². The molecule has 0 aromatic heterocycles. The van der Waals surface area contributed by atoms with Crippen LogP contribution < -0.4 is 0 Å². The molecule has 0 heterocycles. The lowest BCUT2D eigenvalue weighted by molar-refractivity contribution is 2.29. The monoisotopic (exact) mass is 103 g/mol. The van der Waals surface area contributed by atoms with Crippen molar-refractivity contribution >= 4 is 19.2 Å². The van der Waals surface area contributed by atoms with Gasteiger partial charge in [0, 0.05) is 0 Å². The molecule has 0 amide bonds. The summed E-state index contributed by atoms with van der Waals surface area (Å²) in [7, 11) is -0.874. The normalized spacial score (nSPS) is 7.60.